The van der Waals surface area contributed by atoms with Crippen molar-refractivity contribution in [2.24, 2.45) is 5.92 Å². The van der Waals surface area contributed by atoms with Crippen LogP contribution in [0.5, 0.6) is 0 Å². The standard InChI is InChI=1S/C16H15F3/c1-2-10-3-5-14-11(7-10)8-12-9-13(16(17,18)19)4-6-15(12)14/h2-3,5,7,13H,1,4,6,8-9H2. The Bertz CT molecular complexity index is 564. The second kappa shape index (κ2) is 4.26. The van der Waals surface area contributed by atoms with Crippen LogP contribution in [0.25, 0.3) is 11.6 Å². The molecule has 1 aromatic carbocycles. The van der Waals surface area contributed by atoms with E-state index in [0.717, 1.165) is 27.8 Å². The molecule has 3 rings (SSSR count). The van der Waals surface area contributed by atoms with E-state index in [1.54, 1.807) is 6.08 Å². The maximum absolute atomic E-state index is 12.8. The van der Waals surface area contributed by atoms with E-state index in [9.17, 15) is 13.2 Å². The fourth-order valence-corrected chi connectivity index (χ4v) is 3.21. The molecule has 100 valence electrons. The maximum atomic E-state index is 12.8. The molecule has 1 unspecified atom stereocenters. The molecule has 0 aromatic heterocycles. The van der Waals surface area contributed by atoms with E-state index in [1.165, 1.54) is 0 Å². The number of rotatable bonds is 1. The molecule has 3 heteroatoms. The summed E-state index contributed by atoms with van der Waals surface area (Å²) in [5.74, 6) is -1.15. The van der Waals surface area contributed by atoms with Crippen molar-refractivity contribution in [3.05, 3.63) is 47.0 Å². The third kappa shape index (κ3) is 2.11. The van der Waals surface area contributed by atoms with Crippen molar-refractivity contribution in [2.45, 2.75) is 31.9 Å². The summed E-state index contributed by atoms with van der Waals surface area (Å²) in [6.45, 7) is 3.73. The Balaban J connectivity index is 1.90. The Morgan fingerprint density at radius 2 is 2.05 bits per heavy atom. The lowest BCUT2D eigenvalue weighted by atomic mass is 9.83. The van der Waals surface area contributed by atoms with Gasteiger partial charge >= 0.3 is 6.18 Å². The molecule has 0 heterocycles. The summed E-state index contributed by atoms with van der Waals surface area (Å²) in [7, 11) is 0. The predicted molar refractivity (Wildman–Crippen MR) is 70.6 cm³/mol. The Labute approximate surface area is 110 Å². The predicted octanol–water partition coefficient (Wildman–Crippen LogP) is 5.00. The minimum atomic E-state index is -4.06. The smallest absolute Gasteiger partial charge is 0.171 e. The fraction of sp³-hybridized carbons (Fsp3) is 0.375. The van der Waals surface area contributed by atoms with Crippen LogP contribution in [0.4, 0.5) is 13.2 Å². The first-order valence-electron chi connectivity index (χ1n) is 6.52. The number of alkyl halides is 3. The van der Waals surface area contributed by atoms with E-state index in [1.807, 2.05) is 18.2 Å². The van der Waals surface area contributed by atoms with Crippen LogP contribution in [-0.4, -0.2) is 6.18 Å². The highest BCUT2D eigenvalue weighted by atomic mass is 19.4. The lowest BCUT2D eigenvalue weighted by Crippen LogP contribution is -2.25. The summed E-state index contributed by atoms with van der Waals surface area (Å²) in [6, 6.07) is 6.06. The monoisotopic (exact) mass is 264 g/mol. The van der Waals surface area contributed by atoms with Gasteiger partial charge in [0.05, 0.1) is 5.92 Å². The molecule has 0 bridgehead atoms. The van der Waals surface area contributed by atoms with Crippen LogP contribution >= 0.6 is 0 Å². The van der Waals surface area contributed by atoms with Crippen LogP contribution < -0.4 is 0 Å². The van der Waals surface area contributed by atoms with Crippen LogP contribution in [0.15, 0.2) is 30.4 Å². The molecule has 0 amide bonds. The minimum absolute atomic E-state index is 0.178. The third-order valence-electron chi connectivity index (χ3n) is 4.22. The summed E-state index contributed by atoms with van der Waals surface area (Å²) in [6.07, 6.45) is -0.642. The average molecular weight is 264 g/mol. The normalized spacial score (nSPS) is 22.2. The first-order chi connectivity index (χ1) is 8.99. The van der Waals surface area contributed by atoms with Gasteiger partial charge in [0.15, 0.2) is 0 Å². The molecule has 0 saturated heterocycles. The molecule has 0 N–H and O–H groups in total. The van der Waals surface area contributed by atoms with Crippen molar-refractivity contribution >= 4 is 11.6 Å². The molecule has 0 nitrogen and oxygen atoms in total. The Kier molecular flexibility index (Phi) is 2.80. The van der Waals surface area contributed by atoms with Gasteiger partial charge in [-0.15, -0.1) is 0 Å². The van der Waals surface area contributed by atoms with Gasteiger partial charge in [-0.05, 0) is 47.9 Å². The number of hydrogen-bond acceptors (Lipinski definition) is 0. The van der Waals surface area contributed by atoms with Crippen LogP contribution in [0.3, 0.4) is 0 Å². The van der Waals surface area contributed by atoms with Gasteiger partial charge in [-0.25, -0.2) is 0 Å². The van der Waals surface area contributed by atoms with Crippen LogP contribution in [0, 0.1) is 5.92 Å². The molecule has 2 aliphatic rings. The zero-order chi connectivity index (χ0) is 13.6. The average Bonchev–Trinajstić information content (AvgIpc) is 2.73. The van der Waals surface area contributed by atoms with Gasteiger partial charge in [-0.1, -0.05) is 36.4 Å². The van der Waals surface area contributed by atoms with Gasteiger partial charge in [0, 0.05) is 0 Å². The molecule has 0 radical (unpaired) electrons. The first kappa shape index (κ1) is 12.5. The van der Waals surface area contributed by atoms with E-state index in [2.05, 4.69) is 6.58 Å². The van der Waals surface area contributed by atoms with Gasteiger partial charge in [0.2, 0.25) is 0 Å². The number of hydrogen-bond donors (Lipinski definition) is 0. The van der Waals surface area contributed by atoms with Crippen LogP contribution in [-0.2, 0) is 6.42 Å². The van der Waals surface area contributed by atoms with Gasteiger partial charge in [-0.2, -0.15) is 13.2 Å². The molecular weight excluding hydrogens is 249 g/mol. The summed E-state index contributed by atoms with van der Waals surface area (Å²) in [5.41, 5.74) is 5.49. The van der Waals surface area contributed by atoms with Crippen molar-refractivity contribution in [1.29, 1.82) is 0 Å². The molecule has 1 atom stereocenters. The van der Waals surface area contributed by atoms with Gasteiger partial charge < -0.3 is 0 Å². The molecule has 0 spiro atoms. The van der Waals surface area contributed by atoms with Crippen molar-refractivity contribution < 1.29 is 13.2 Å². The molecule has 19 heavy (non-hydrogen) atoms. The summed E-state index contributed by atoms with van der Waals surface area (Å²) < 4.78 is 38.4. The van der Waals surface area contributed by atoms with E-state index in [-0.39, 0.29) is 12.8 Å². The van der Waals surface area contributed by atoms with E-state index >= 15 is 0 Å². The topological polar surface area (TPSA) is 0 Å². The number of benzene rings is 1. The first-order valence-corrected chi connectivity index (χ1v) is 6.52. The van der Waals surface area contributed by atoms with Crippen molar-refractivity contribution in [3.63, 3.8) is 0 Å². The highest BCUT2D eigenvalue weighted by Gasteiger charge is 2.42. The van der Waals surface area contributed by atoms with Crippen molar-refractivity contribution in [1.82, 2.24) is 0 Å². The molecule has 1 aromatic rings. The lowest BCUT2D eigenvalue weighted by Gasteiger charge is -2.26. The second-order valence-electron chi connectivity index (χ2n) is 5.36. The van der Waals surface area contributed by atoms with Crippen LogP contribution in [0.1, 0.15) is 36.0 Å². The Morgan fingerprint density at radius 3 is 2.74 bits per heavy atom. The van der Waals surface area contributed by atoms with E-state index in [0.29, 0.717) is 12.8 Å². The molecule has 0 fully saturated rings. The highest BCUT2D eigenvalue weighted by Crippen LogP contribution is 2.47. The number of allylic oxidation sites excluding steroid dienone is 2. The summed E-state index contributed by atoms with van der Waals surface area (Å²) in [4.78, 5) is 0. The maximum Gasteiger partial charge on any atom is 0.392 e. The zero-order valence-corrected chi connectivity index (χ0v) is 10.6. The number of halogens is 3. The Morgan fingerprint density at radius 1 is 1.26 bits per heavy atom. The van der Waals surface area contributed by atoms with E-state index in [4.69, 9.17) is 0 Å². The van der Waals surface area contributed by atoms with Crippen molar-refractivity contribution in [2.75, 3.05) is 0 Å². The third-order valence-corrected chi connectivity index (χ3v) is 4.22. The lowest BCUT2D eigenvalue weighted by molar-refractivity contribution is -0.176. The Hall–Kier alpha value is -1.51. The van der Waals surface area contributed by atoms with Gasteiger partial charge in [-0.3, -0.25) is 0 Å². The fourth-order valence-electron chi connectivity index (χ4n) is 3.21. The largest absolute Gasteiger partial charge is 0.392 e. The minimum Gasteiger partial charge on any atom is -0.171 e. The van der Waals surface area contributed by atoms with Gasteiger partial charge in [0.25, 0.3) is 0 Å². The van der Waals surface area contributed by atoms with E-state index < -0.39 is 12.1 Å². The zero-order valence-electron chi connectivity index (χ0n) is 10.6. The highest BCUT2D eigenvalue weighted by molar-refractivity contribution is 5.78. The SMILES string of the molecule is C=Cc1ccc2c(c1)CC1=C2CCC(C(F)(F)F)C1. The van der Waals surface area contributed by atoms with Gasteiger partial charge in [0.1, 0.15) is 0 Å². The van der Waals surface area contributed by atoms with Crippen molar-refractivity contribution in [3.8, 4) is 0 Å². The summed E-state index contributed by atoms with van der Waals surface area (Å²) >= 11 is 0. The molecule has 0 saturated carbocycles. The van der Waals surface area contributed by atoms with Crippen LogP contribution in [0.2, 0.25) is 0 Å². The molecule has 2 aliphatic carbocycles. The molecular formula is C16H15F3. The second-order valence-corrected chi connectivity index (χ2v) is 5.36. The summed E-state index contributed by atoms with van der Waals surface area (Å²) in [5, 5.41) is 0. The quantitative estimate of drug-likeness (QED) is 0.669. The molecule has 0 aliphatic heterocycles. The number of fused-ring (bicyclic) bond motifs is 2.